The smallest absolute Gasteiger partial charge is 0.320 e. The Kier molecular flexibility index (Phi) is 6.67. The van der Waals surface area contributed by atoms with Gasteiger partial charge in [0.25, 0.3) is 0 Å². The maximum Gasteiger partial charge on any atom is 0.320 e. The number of benzene rings is 1. The Morgan fingerprint density at radius 1 is 1.24 bits per heavy atom. The molecule has 0 atom stereocenters. The molecule has 9 heteroatoms. The number of rotatable bonds is 6. The zero-order valence-electron chi connectivity index (χ0n) is 14.6. The van der Waals surface area contributed by atoms with Crippen LogP contribution in [0, 0.1) is 0 Å². The molecule has 0 aliphatic carbocycles. The van der Waals surface area contributed by atoms with Gasteiger partial charge in [-0.25, -0.2) is 8.42 Å². The van der Waals surface area contributed by atoms with Crippen LogP contribution in [0.15, 0.2) is 23.1 Å². The molecule has 0 amide bonds. The topological polar surface area (TPSA) is 76.2 Å². The summed E-state index contributed by atoms with van der Waals surface area (Å²) in [5.41, 5.74) is 0. The van der Waals surface area contributed by atoms with E-state index in [0.717, 1.165) is 0 Å². The number of halogens is 1. The van der Waals surface area contributed by atoms with Crippen molar-refractivity contribution in [3.05, 3.63) is 23.2 Å². The van der Waals surface area contributed by atoms with Crippen LogP contribution in [0.1, 0.15) is 13.8 Å². The van der Waals surface area contributed by atoms with Crippen LogP contribution in [0.2, 0.25) is 5.02 Å². The lowest BCUT2D eigenvalue weighted by atomic mass is 10.3. The normalized spacial score (nSPS) is 16.8. The van der Waals surface area contributed by atoms with E-state index in [-0.39, 0.29) is 42.4 Å². The molecule has 1 aromatic carbocycles. The maximum atomic E-state index is 12.9. The number of methoxy groups -OCH3 is 1. The third-order valence-corrected chi connectivity index (χ3v) is 5.95. The first-order chi connectivity index (χ1) is 11.7. The van der Waals surface area contributed by atoms with Gasteiger partial charge in [-0.3, -0.25) is 9.69 Å². The van der Waals surface area contributed by atoms with Gasteiger partial charge in [0.1, 0.15) is 10.6 Å². The minimum Gasteiger partial charge on any atom is -0.495 e. The van der Waals surface area contributed by atoms with E-state index in [1.54, 1.807) is 19.9 Å². The summed E-state index contributed by atoms with van der Waals surface area (Å²) < 4.78 is 37.4. The Morgan fingerprint density at radius 3 is 2.44 bits per heavy atom. The average Bonchev–Trinajstić information content (AvgIpc) is 2.54. The van der Waals surface area contributed by atoms with Crippen molar-refractivity contribution in [3.63, 3.8) is 0 Å². The highest BCUT2D eigenvalue weighted by atomic mass is 35.5. The third kappa shape index (κ3) is 5.07. The SMILES string of the molecule is COc1ccc(Cl)cc1S(=O)(=O)N1CCN(CC(=O)OC(C)C)CC1. The summed E-state index contributed by atoms with van der Waals surface area (Å²) in [5, 5.41) is 0.328. The lowest BCUT2D eigenvalue weighted by molar-refractivity contribution is -0.148. The molecule has 0 radical (unpaired) electrons. The van der Waals surface area contributed by atoms with Gasteiger partial charge in [0.05, 0.1) is 19.8 Å². The number of sulfonamides is 1. The highest BCUT2D eigenvalue weighted by Gasteiger charge is 2.31. The number of esters is 1. The molecule has 0 unspecified atom stereocenters. The van der Waals surface area contributed by atoms with Gasteiger partial charge in [-0.1, -0.05) is 11.6 Å². The van der Waals surface area contributed by atoms with Gasteiger partial charge < -0.3 is 9.47 Å². The van der Waals surface area contributed by atoms with Gasteiger partial charge >= 0.3 is 5.97 Å². The standard InChI is InChI=1S/C16H23ClN2O5S/c1-12(2)24-16(20)11-18-6-8-19(9-7-18)25(21,22)15-10-13(17)4-5-14(15)23-3/h4-5,10,12H,6-9,11H2,1-3H3. The van der Waals surface area contributed by atoms with Gasteiger partial charge in [0.2, 0.25) is 10.0 Å². The predicted octanol–water partition coefficient (Wildman–Crippen LogP) is 1.61. The minimum atomic E-state index is -3.72. The van der Waals surface area contributed by atoms with E-state index in [9.17, 15) is 13.2 Å². The van der Waals surface area contributed by atoms with Crippen LogP contribution >= 0.6 is 11.6 Å². The number of carbonyl (C=O) groups excluding carboxylic acids is 1. The molecule has 0 N–H and O–H groups in total. The Balaban J connectivity index is 2.04. The Morgan fingerprint density at radius 2 is 1.88 bits per heavy atom. The van der Waals surface area contributed by atoms with Crippen LogP contribution < -0.4 is 4.74 Å². The molecule has 0 saturated carbocycles. The van der Waals surface area contributed by atoms with Crippen molar-refractivity contribution < 1.29 is 22.7 Å². The lowest BCUT2D eigenvalue weighted by Gasteiger charge is -2.33. The van der Waals surface area contributed by atoms with E-state index in [4.69, 9.17) is 21.1 Å². The predicted molar refractivity (Wildman–Crippen MR) is 94.4 cm³/mol. The summed E-state index contributed by atoms with van der Waals surface area (Å²) in [6, 6.07) is 4.51. The van der Waals surface area contributed by atoms with Crippen LogP contribution in [-0.2, 0) is 19.6 Å². The first kappa shape index (κ1) is 20.0. The number of nitrogens with zero attached hydrogens (tertiary/aromatic N) is 2. The third-order valence-electron chi connectivity index (χ3n) is 3.79. The van der Waals surface area contributed by atoms with E-state index in [1.807, 2.05) is 4.90 Å². The zero-order chi connectivity index (χ0) is 18.6. The molecule has 7 nitrogen and oxygen atoms in total. The van der Waals surface area contributed by atoms with Gasteiger partial charge in [-0.05, 0) is 32.0 Å². The van der Waals surface area contributed by atoms with Crippen LogP contribution in [0.5, 0.6) is 5.75 Å². The number of hydrogen-bond donors (Lipinski definition) is 0. The van der Waals surface area contributed by atoms with Crippen LogP contribution in [-0.4, -0.2) is 69.5 Å². The summed E-state index contributed by atoms with van der Waals surface area (Å²) in [4.78, 5) is 13.6. The van der Waals surface area contributed by atoms with E-state index in [1.165, 1.54) is 23.5 Å². The molecule has 0 bridgehead atoms. The zero-order valence-corrected chi connectivity index (χ0v) is 16.1. The van der Waals surface area contributed by atoms with Gasteiger partial charge in [-0.15, -0.1) is 0 Å². The molecular weight excluding hydrogens is 368 g/mol. The first-order valence-electron chi connectivity index (χ1n) is 7.99. The number of piperazine rings is 1. The molecule has 1 aliphatic heterocycles. The number of carbonyl (C=O) groups is 1. The molecule has 0 aromatic heterocycles. The molecule has 0 spiro atoms. The van der Waals surface area contributed by atoms with E-state index in [2.05, 4.69) is 0 Å². The van der Waals surface area contributed by atoms with E-state index >= 15 is 0 Å². The largest absolute Gasteiger partial charge is 0.495 e. The fourth-order valence-electron chi connectivity index (χ4n) is 2.60. The van der Waals surface area contributed by atoms with Crippen molar-refractivity contribution in [1.82, 2.24) is 9.21 Å². The van der Waals surface area contributed by atoms with Gasteiger partial charge in [0.15, 0.2) is 0 Å². The highest BCUT2D eigenvalue weighted by Crippen LogP contribution is 2.30. The van der Waals surface area contributed by atoms with Gasteiger partial charge in [0, 0.05) is 31.2 Å². The van der Waals surface area contributed by atoms with Crippen LogP contribution in [0.25, 0.3) is 0 Å². The number of ether oxygens (including phenoxy) is 2. The summed E-state index contributed by atoms with van der Waals surface area (Å²) in [6.45, 7) is 5.22. The summed E-state index contributed by atoms with van der Waals surface area (Å²) in [6.07, 6.45) is -0.163. The molecule has 140 valence electrons. The first-order valence-corrected chi connectivity index (χ1v) is 9.81. The molecule has 1 aromatic rings. The summed E-state index contributed by atoms with van der Waals surface area (Å²) >= 11 is 5.94. The summed E-state index contributed by atoms with van der Waals surface area (Å²) in [7, 11) is -2.30. The van der Waals surface area contributed by atoms with Crippen LogP contribution in [0.3, 0.4) is 0 Å². The van der Waals surface area contributed by atoms with Crippen molar-refractivity contribution in [2.24, 2.45) is 0 Å². The Hall–Kier alpha value is -1.35. The lowest BCUT2D eigenvalue weighted by Crippen LogP contribution is -2.50. The number of hydrogen-bond acceptors (Lipinski definition) is 6. The molecule has 2 rings (SSSR count). The fraction of sp³-hybridized carbons (Fsp3) is 0.562. The van der Waals surface area contributed by atoms with Crippen LogP contribution in [0.4, 0.5) is 0 Å². The Bertz CT molecular complexity index is 715. The van der Waals surface area contributed by atoms with Crippen molar-refractivity contribution in [2.75, 3.05) is 39.8 Å². The molecule has 1 aliphatic rings. The molecule has 25 heavy (non-hydrogen) atoms. The van der Waals surface area contributed by atoms with Crippen molar-refractivity contribution in [3.8, 4) is 5.75 Å². The van der Waals surface area contributed by atoms with Crippen molar-refractivity contribution in [1.29, 1.82) is 0 Å². The summed E-state index contributed by atoms with van der Waals surface area (Å²) in [5.74, 6) is -0.0461. The average molecular weight is 391 g/mol. The van der Waals surface area contributed by atoms with E-state index < -0.39 is 10.0 Å². The Labute approximate surface area is 153 Å². The van der Waals surface area contributed by atoms with Crippen molar-refractivity contribution in [2.45, 2.75) is 24.8 Å². The maximum absolute atomic E-state index is 12.9. The molecular formula is C16H23ClN2O5S. The van der Waals surface area contributed by atoms with Crippen molar-refractivity contribution >= 4 is 27.6 Å². The quantitative estimate of drug-likeness (QED) is 0.687. The second-order valence-corrected chi connectivity index (χ2v) is 8.36. The van der Waals surface area contributed by atoms with Gasteiger partial charge in [-0.2, -0.15) is 4.31 Å². The highest BCUT2D eigenvalue weighted by molar-refractivity contribution is 7.89. The fourth-order valence-corrected chi connectivity index (χ4v) is 4.44. The monoisotopic (exact) mass is 390 g/mol. The van der Waals surface area contributed by atoms with E-state index in [0.29, 0.717) is 18.1 Å². The second kappa shape index (κ2) is 8.35. The molecule has 1 fully saturated rings. The molecule has 1 saturated heterocycles. The second-order valence-electron chi connectivity index (χ2n) is 6.01. The minimum absolute atomic E-state index is 0.0511. The molecule has 1 heterocycles.